The highest BCUT2D eigenvalue weighted by molar-refractivity contribution is 7.90. The van der Waals surface area contributed by atoms with E-state index in [1.807, 2.05) is 0 Å². The molecule has 1 aliphatic carbocycles. The van der Waals surface area contributed by atoms with E-state index in [1.165, 1.54) is 48.5 Å². The molecular formula is C20H24N2O7S2. The summed E-state index contributed by atoms with van der Waals surface area (Å²) in [6, 6.07) is 11.6. The van der Waals surface area contributed by atoms with Crippen LogP contribution in [0.4, 0.5) is 0 Å². The molecule has 1 fully saturated rings. The fourth-order valence-corrected chi connectivity index (χ4v) is 6.04. The maximum Gasteiger partial charge on any atom is 0.264 e. The highest BCUT2D eigenvalue weighted by atomic mass is 32.2. The monoisotopic (exact) mass is 468 g/mol. The maximum absolute atomic E-state index is 13.2. The SMILES string of the molecule is CCN(C1(C(=O)NO)CCC1)S(=O)(=O)c1ccc(Oc2ccc(S(C)(=O)=O)cc2)cc1. The second-order valence-corrected chi connectivity index (χ2v) is 11.2. The van der Waals surface area contributed by atoms with E-state index in [-0.39, 0.29) is 16.3 Å². The second kappa shape index (κ2) is 8.58. The lowest BCUT2D eigenvalue weighted by Gasteiger charge is -2.46. The number of rotatable bonds is 8. The Balaban J connectivity index is 1.82. The molecule has 9 nitrogen and oxygen atoms in total. The highest BCUT2D eigenvalue weighted by Gasteiger charge is 2.53. The average Bonchev–Trinajstić information content (AvgIpc) is 2.70. The lowest BCUT2D eigenvalue weighted by Crippen LogP contribution is -2.63. The molecule has 3 rings (SSSR count). The Hall–Kier alpha value is -2.47. The molecule has 0 saturated heterocycles. The molecule has 168 valence electrons. The van der Waals surface area contributed by atoms with Gasteiger partial charge in [-0.2, -0.15) is 4.31 Å². The van der Waals surface area contributed by atoms with Gasteiger partial charge < -0.3 is 4.74 Å². The summed E-state index contributed by atoms with van der Waals surface area (Å²) in [5.41, 5.74) is 0.300. The summed E-state index contributed by atoms with van der Waals surface area (Å²) >= 11 is 0. The summed E-state index contributed by atoms with van der Waals surface area (Å²) in [6.45, 7) is 1.71. The number of likely N-dealkylation sites (N-methyl/N-ethyl adjacent to an activating group) is 1. The zero-order valence-corrected chi connectivity index (χ0v) is 18.7. The van der Waals surface area contributed by atoms with Crippen molar-refractivity contribution in [3.63, 3.8) is 0 Å². The van der Waals surface area contributed by atoms with Crippen LogP contribution in [0.3, 0.4) is 0 Å². The smallest absolute Gasteiger partial charge is 0.264 e. The van der Waals surface area contributed by atoms with Gasteiger partial charge in [-0.05, 0) is 67.8 Å². The first-order valence-corrected chi connectivity index (χ1v) is 12.9. The lowest BCUT2D eigenvalue weighted by molar-refractivity contribution is -0.144. The van der Waals surface area contributed by atoms with Crippen LogP contribution in [0.15, 0.2) is 58.3 Å². The van der Waals surface area contributed by atoms with Crippen molar-refractivity contribution in [3.8, 4) is 11.5 Å². The Morgan fingerprint density at radius 1 is 1.00 bits per heavy atom. The van der Waals surface area contributed by atoms with Gasteiger partial charge in [0.2, 0.25) is 10.0 Å². The summed E-state index contributed by atoms with van der Waals surface area (Å²) in [6.07, 6.45) is 2.46. The number of amides is 1. The van der Waals surface area contributed by atoms with E-state index in [0.29, 0.717) is 30.8 Å². The average molecular weight is 469 g/mol. The number of sulfonamides is 1. The number of hydroxylamine groups is 1. The van der Waals surface area contributed by atoms with Gasteiger partial charge in [0.05, 0.1) is 9.79 Å². The number of carbonyl (C=O) groups is 1. The standard InChI is InChI=1S/C20H24N2O7S2/c1-3-22(20(13-4-14-20)19(23)21-24)31(27,28)18-11-7-16(8-12-18)29-15-5-9-17(10-6-15)30(2,25)26/h5-12,24H,3-4,13-14H2,1-2H3,(H,21,23). The summed E-state index contributed by atoms with van der Waals surface area (Å²) in [7, 11) is -7.31. The van der Waals surface area contributed by atoms with E-state index in [2.05, 4.69) is 0 Å². The third kappa shape index (κ3) is 4.45. The molecule has 0 spiro atoms. The third-order valence-corrected chi connectivity index (χ3v) is 8.55. The molecular weight excluding hydrogens is 444 g/mol. The maximum atomic E-state index is 13.2. The van der Waals surface area contributed by atoms with Crippen molar-refractivity contribution in [1.82, 2.24) is 9.79 Å². The number of carbonyl (C=O) groups excluding carboxylic acids is 1. The quantitative estimate of drug-likeness (QED) is 0.449. The van der Waals surface area contributed by atoms with E-state index in [4.69, 9.17) is 9.94 Å². The van der Waals surface area contributed by atoms with Crippen molar-refractivity contribution in [1.29, 1.82) is 0 Å². The number of nitrogens with one attached hydrogen (secondary N) is 1. The Labute approximate surface area is 181 Å². The zero-order chi connectivity index (χ0) is 22.9. The van der Waals surface area contributed by atoms with Gasteiger partial charge in [0.15, 0.2) is 9.84 Å². The van der Waals surface area contributed by atoms with Gasteiger partial charge in [-0.1, -0.05) is 6.92 Å². The summed E-state index contributed by atoms with van der Waals surface area (Å²) in [5.74, 6) is 0.0217. The van der Waals surface area contributed by atoms with Gasteiger partial charge in [-0.25, -0.2) is 22.3 Å². The van der Waals surface area contributed by atoms with Crippen LogP contribution < -0.4 is 10.2 Å². The van der Waals surface area contributed by atoms with Gasteiger partial charge in [-0.3, -0.25) is 10.0 Å². The summed E-state index contributed by atoms with van der Waals surface area (Å²) < 4.78 is 56.2. The molecule has 0 unspecified atom stereocenters. The van der Waals surface area contributed by atoms with E-state index in [0.717, 1.165) is 10.6 Å². The minimum atomic E-state index is -4.00. The normalized spacial score (nSPS) is 15.9. The topological polar surface area (TPSA) is 130 Å². The number of nitrogens with zero attached hydrogens (tertiary/aromatic N) is 1. The molecule has 0 radical (unpaired) electrons. The van der Waals surface area contributed by atoms with E-state index < -0.39 is 31.3 Å². The Morgan fingerprint density at radius 2 is 1.48 bits per heavy atom. The molecule has 2 aromatic rings. The molecule has 0 heterocycles. The van der Waals surface area contributed by atoms with Crippen molar-refractivity contribution in [2.24, 2.45) is 0 Å². The second-order valence-electron chi connectivity index (χ2n) is 7.31. The van der Waals surface area contributed by atoms with Crippen molar-refractivity contribution < 1.29 is 31.6 Å². The zero-order valence-electron chi connectivity index (χ0n) is 17.1. The highest BCUT2D eigenvalue weighted by Crippen LogP contribution is 2.41. The van der Waals surface area contributed by atoms with Crippen LogP contribution in [-0.4, -0.2) is 50.6 Å². The van der Waals surface area contributed by atoms with Gasteiger partial charge in [0.1, 0.15) is 17.0 Å². The third-order valence-electron chi connectivity index (χ3n) is 5.37. The fraction of sp³-hybridized carbons (Fsp3) is 0.350. The first kappa shape index (κ1) is 23.2. The van der Waals surface area contributed by atoms with Crippen LogP contribution in [0, 0.1) is 0 Å². The number of benzene rings is 2. The predicted octanol–water partition coefficient (Wildman–Crippen LogP) is 2.32. The number of hydrogen-bond acceptors (Lipinski definition) is 7. The van der Waals surface area contributed by atoms with Crippen LogP contribution in [0.1, 0.15) is 26.2 Å². The molecule has 2 aromatic carbocycles. The number of hydrogen-bond donors (Lipinski definition) is 2. The molecule has 1 saturated carbocycles. The van der Waals surface area contributed by atoms with Crippen LogP contribution in [0.25, 0.3) is 0 Å². The Kier molecular flexibility index (Phi) is 6.42. The Morgan fingerprint density at radius 3 is 1.84 bits per heavy atom. The van der Waals surface area contributed by atoms with Crippen LogP contribution in [0.5, 0.6) is 11.5 Å². The van der Waals surface area contributed by atoms with Crippen molar-refractivity contribution in [2.75, 3.05) is 12.8 Å². The predicted molar refractivity (Wildman–Crippen MR) is 112 cm³/mol. The van der Waals surface area contributed by atoms with Crippen LogP contribution >= 0.6 is 0 Å². The molecule has 1 amide bonds. The minimum absolute atomic E-state index is 0.00820. The van der Waals surface area contributed by atoms with E-state index in [1.54, 1.807) is 12.4 Å². The lowest BCUT2D eigenvalue weighted by atomic mass is 9.76. The van der Waals surface area contributed by atoms with Crippen molar-refractivity contribution >= 4 is 25.8 Å². The van der Waals surface area contributed by atoms with Crippen molar-refractivity contribution in [2.45, 2.75) is 41.5 Å². The number of ether oxygens (including phenoxy) is 1. The van der Waals surface area contributed by atoms with Gasteiger partial charge >= 0.3 is 0 Å². The van der Waals surface area contributed by atoms with Crippen LogP contribution in [0.2, 0.25) is 0 Å². The molecule has 11 heteroatoms. The summed E-state index contributed by atoms with van der Waals surface area (Å²) in [4.78, 5) is 12.4. The fourth-order valence-electron chi connectivity index (χ4n) is 3.61. The molecule has 2 N–H and O–H groups in total. The molecule has 0 atom stereocenters. The van der Waals surface area contributed by atoms with Gasteiger partial charge in [0, 0.05) is 12.8 Å². The van der Waals surface area contributed by atoms with Gasteiger partial charge in [-0.15, -0.1) is 0 Å². The van der Waals surface area contributed by atoms with Crippen molar-refractivity contribution in [3.05, 3.63) is 48.5 Å². The number of sulfone groups is 1. The van der Waals surface area contributed by atoms with Crippen LogP contribution in [-0.2, 0) is 24.7 Å². The molecule has 0 bridgehead atoms. The molecule has 31 heavy (non-hydrogen) atoms. The first-order chi connectivity index (χ1) is 14.5. The van der Waals surface area contributed by atoms with Gasteiger partial charge in [0.25, 0.3) is 5.91 Å². The van der Waals surface area contributed by atoms with E-state index in [9.17, 15) is 21.6 Å². The summed E-state index contributed by atoms with van der Waals surface area (Å²) in [5, 5.41) is 9.08. The largest absolute Gasteiger partial charge is 0.457 e. The first-order valence-electron chi connectivity index (χ1n) is 9.60. The molecule has 0 aromatic heterocycles. The molecule has 1 aliphatic rings. The molecule has 0 aliphatic heterocycles. The minimum Gasteiger partial charge on any atom is -0.457 e. The Bertz CT molecular complexity index is 1160. The van der Waals surface area contributed by atoms with E-state index >= 15 is 0 Å².